The van der Waals surface area contributed by atoms with Crippen molar-refractivity contribution in [3.05, 3.63) is 23.0 Å². The molecule has 3 atom stereocenters. The van der Waals surface area contributed by atoms with E-state index in [1.807, 2.05) is 0 Å². The zero-order chi connectivity index (χ0) is 15.1. The summed E-state index contributed by atoms with van der Waals surface area (Å²) in [6.07, 6.45) is -9.53. The molecule has 1 unspecified atom stereocenters. The maximum atomic E-state index is 13.5. The molecule has 1 aliphatic rings. The molecule has 0 radical (unpaired) electrons. The highest BCUT2D eigenvalue weighted by Gasteiger charge is 2.44. The molecule has 0 amide bonds. The summed E-state index contributed by atoms with van der Waals surface area (Å²) in [4.78, 5) is 3.19. The van der Waals surface area contributed by atoms with Crippen LogP contribution in [0.3, 0.4) is 0 Å². The van der Waals surface area contributed by atoms with Gasteiger partial charge < -0.3 is 9.84 Å². The van der Waals surface area contributed by atoms with E-state index in [0.29, 0.717) is 0 Å². The molecule has 1 aromatic rings. The van der Waals surface area contributed by atoms with E-state index in [1.165, 1.54) is 6.92 Å². The molecule has 0 aromatic carbocycles. The number of aliphatic hydroxyl groups excluding tert-OH is 1. The van der Waals surface area contributed by atoms with Crippen molar-refractivity contribution < 1.29 is 31.8 Å². The van der Waals surface area contributed by atoms with Crippen LogP contribution in [0.1, 0.15) is 29.8 Å². The van der Waals surface area contributed by atoms with Crippen LogP contribution in [0, 0.1) is 0 Å². The number of hydrogen-bond acceptors (Lipinski definition) is 3. The van der Waals surface area contributed by atoms with Crippen LogP contribution in [-0.4, -0.2) is 29.0 Å². The number of halogens is 5. The molecular weight excluding hydrogens is 285 g/mol. The van der Waals surface area contributed by atoms with Crippen LogP contribution in [0.25, 0.3) is 0 Å². The lowest BCUT2D eigenvalue weighted by Gasteiger charge is -2.16. The zero-order valence-corrected chi connectivity index (χ0v) is 10.4. The fourth-order valence-electron chi connectivity index (χ4n) is 2.12. The molecule has 0 fully saturated rings. The number of alkyl halides is 5. The Bertz CT molecular complexity index is 503. The van der Waals surface area contributed by atoms with E-state index < -0.39 is 42.3 Å². The third kappa shape index (κ3) is 2.70. The maximum Gasteiger partial charge on any atom is 0.433 e. The molecule has 20 heavy (non-hydrogen) atoms. The van der Waals surface area contributed by atoms with Crippen molar-refractivity contribution in [3.8, 4) is 5.75 Å². The second-order valence-electron chi connectivity index (χ2n) is 4.62. The first-order valence-corrected chi connectivity index (χ1v) is 5.89. The molecule has 3 nitrogen and oxygen atoms in total. The van der Waals surface area contributed by atoms with Crippen LogP contribution < -0.4 is 4.74 Å². The first-order valence-electron chi connectivity index (χ1n) is 5.89. The highest BCUT2D eigenvalue weighted by molar-refractivity contribution is 5.47. The zero-order valence-electron chi connectivity index (χ0n) is 10.4. The summed E-state index contributed by atoms with van der Waals surface area (Å²) in [6, 6.07) is 0. The van der Waals surface area contributed by atoms with Gasteiger partial charge in [0.2, 0.25) is 0 Å². The van der Waals surface area contributed by atoms with Crippen LogP contribution in [0.2, 0.25) is 0 Å². The summed E-state index contributed by atoms with van der Waals surface area (Å²) in [5.74, 6) is -0.128. The number of rotatable bonds is 3. The fraction of sp³-hybridized carbons (Fsp3) is 0.583. The molecule has 112 valence electrons. The summed E-state index contributed by atoms with van der Waals surface area (Å²) >= 11 is 0. The van der Waals surface area contributed by atoms with Crippen LogP contribution in [0.5, 0.6) is 5.75 Å². The second-order valence-corrected chi connectivity index (χ2v) is 4.62. The SMILES string of the molecule is CC(F)COc1cnc(C(F)(F)F)c2c1C[C@@H](F)[C@H]2O. The van der Waals surface area contributed by atoms with Gasteiger partial charge in [-0.05, 0) is 6.92 Å². The molecule has 1 aromatic heterocycles. The second kappa shape index (κ2) is 5.16. The van der Waals surface area contributed by atoms with Crippen molar-refractivity contribution in [2.75, 3.05) is 6.61 Å². The third-order valence-corrected chi connectivity index (χ3v) is 2.96. The standard InChI is InChI=1S/C12H12F5NO2/c1-5(13)4-20-8-3-18-11(12(15,16)17)9-6(8)2-7(14)10(9)19/h3,5,7,10,19H,2,4H2,1H3/t5?,7-,10-/m1/s1. The summed E-state index contributed by atoms with van der Waals surface area (Å²) in [7, 11) is 0. The summed E-state index contributed by atoms with van der Waals surface area (Å²) in [6.45, 7) is 0.830. The van der Waals surface area contributed by atoms with Gasteiger partial charge in [-0.15, -0.1) is 0 Å². The van der Waals surface area contributed by atoms with Gasteiger partial charge in [0, 0.05) is 17.5 Å². The lowest BCUT2D eigenvalue weighted by Crippen LogP contribution is -2.16. The molecule has 0 aliphatic heterocycles. The molecule has 1 heterocycles. The largest absolute Gasteiger partial charge is 0.489 e. The Balaban J connectivity index is 2.46. The van der Waals surface area contributed by atoms with Crippen LogP contribution in [-0.2, 0) is 12.6 Å². The molecule has 2 rings (SSSR count). The minimum atomic E-state index is -4.80. The number of ether oxygens (including phenoxy) is 1. The molecule has 8 heteroatoms. The molecule has 0 bridgehead atoms. The Hall–Kier alpha value is -1.44. The van der Waals surface area contributed by atoms with Crippen molar-refractivity contribution in [2.24, 2.45) is 0 Å². The van der Waals surface area contributed by atoms with E-state index in [0.717, 1.165) is 6.20 Å². The average molecular weight is 297 g/mol. The van der Waals surface area contributed by atoms with E-state index in [-0.39, 0.29) is 17.9 Å². The Kier molecular flexibility index (Phi) is 3.86. The van der Waals surface area contributed by atoms with Crippen molar-refractivity contribution in [1.29, 1.82) is 0 Å². The summed E-state index contributed by atoms with van der Waals surface area (Å²) in [5.41, 5.74) is -2.05. The predicted molar refractivity (Wildman–Crippen MR) is 58.9 cm³/mol. The molecule has 0 spiro atoms. The highest BCUT2D eigenvalue weighted by Crippen LogP contribution is 2.44. The average Bonchev–Trinajstić information content (AvgIpc) is 2.62. The van der Waals surface area contributed by atoms with E-state index >= 15 is 0 Å². The molecule has 1 aliphatic carbocycles. The Labute approximate surface area is 111 Å². The van der Waals surface area contributed by atoms with Crippen molar-refractivity contribution in [1.82, 2.24) is 4.98 Å². The van der Waals surface area contributed by atoms with Crippen molar-refractivity contribution in [3.63, 3.8) is 0 Å². The number of hydrogen-bond donors (Lipinski definition) is 1. The van der Waals surface area contributed by atoms with Gasteiger partial charge in [-0.1, -0.05) is 0 Å². The van der Waals surface area contributed by atoms with Gasteiger partial charge in [-0.3, -0.25) is 0 Å². The van der Waals surface area contributed by atoms with Crippen molar-refractivity contribution >= 4 is 0 Å². The predicted octanol–water partition coefficient (Wildman–Crippen LogP) is 2.76. The Morgan fingerprint density at radius 1 is 1.50 bits per heavy atom. The van der Waals surface area contributed by atoms with E-state index in [1.54, 1.807) is 0 Å². The molecule has 1 N–H and O–H groups in total. The number of aliphatic hydroxyl groups is 1. The lowest BCUT2D eigenvalue weighted by molar-refractivity contribution is -0.143. The fourth-order valence-corrected chi connectivity index (χ4v) is 2.12. The Morgan fingerprint density at radius 3 is 2.70 bits per heavy atom. The van der Waals surface area contributed by atoms with Gasteiger partial charge in [0.25, 0.3) is 0 Å². The number of pyridine rings is 1. The topological polar surface area (TPSA) is 42.4 Å². The highest BCUT2D eigenvalue weighted by atomic mass is 19.4. The van der Waals surface area contributed by atoms with Gasteiger partial charge in [-0.2, -0.15) is 13.2 Å². The van der Waals surface area contributed by atoms with Gasteiger partial charge in [0.05, 0.1) is 6.20 Å². The number of nitrogens with zero attached hydrogens (tertiary/aromatic N) is 1. The maximum absolute atomic E-state index is 13.5. The normalized spacial score (nSPS) is 23.6. The first kappa shape index (κ1) is 15.0. The first-order chi connectivity index (χ1) is 9.21. The van der Waals surface area contributed by atoms with Crippen LogP contribution in [0.15, 0.2) is 6.20 Å². The smallest absolute Gasteiger partial charge is 0.433 e. The lowest BCUT2D eigenvalue weighted by atomic mass is 10.1. The molecule has 0 saturated carbocycles. The molecular formula is C12H12F5NO2. The van der Waals surface area contributed by atoms with Gasteiger partial charge >= 0.3 is 6.18 Å². The van der Waals surface area contributed by atoms with Gasteiger partial charge in [0.15, 0.2) is 5.69 Å². The molecule has 0 saturated heterocycles. The van der Waals surface area contributed by atoms with E-state index in [9.17, 15) is 27.1 Å². The van der Waals surface area contributed by atoms with Gasteiger partial charge in [0.1, 0.15) is 30.8 Å². The minimum Gasteiger partial charge on any atom is -0.489 e. The third-order valence-electron chi connectivity index (χ3n) is 2.96. The van der Waals surface area contributed by atoms with Crippen LogP contribution in [0.4, 0.5) is 22.0 Å². The van der Waals surface area contributed by atoms with Gasteiger partial charge in [-0.25, -0.2) is 13.8 Å². The Morgan fingerprint density at radius 2 is 2.15 bits per heavy atom. The summed E-state index contributed by atoms with van der Waals surface area (Å²) < 4.78 is 69.6. The van der Waals surface area contributed by atoms with E-state index in [4.69, 9.17) is 4.74 Å². The van der Waals surface area contributed by atoms with Crippen molar-refractivity contribution in [2.45, 2.75) is 38.0 Å². The monoisotopic (exact) mass is 297 g/mol. The minimum absolute atomic E-state index is 0.104. The number of fused-ring (bicyclic) bond motifs is 1. The number of aromatic nitrogens is 1. The van der Waals surface area contributed by atoms with E-state index in [2.05, 4.69) is 4.98 Å². The quantitative estimate of drug-likeness (QED) is 0.872. The van der Waals surface area contributed by atoms with Crippen LogP contribution >= 0.6 is 0 Å². The summed E-state index contributed by atoms with van der Waals surface area (Å²) in [5, 5.41) is 9.55.